The molecule has 0 amide bonds. The highest BCUT2D eigenvalue weighted by atomic mass is 15.3. The van der Waals surface area contributed by atoms with Crippen LogP contribution in [-0.4, -0.2) is 39.3 Å². The van der Waals surface area contributed by atoms with Gasteiger partial charge in [-0.2, -0.15) is 5.10 Å². The van der Waals surface area contributed by atoms with E-state index in [9.17, 15) is 0 Å². The summed E-state index contributed by atoms with van der Waals surface area (Å²) in [6.45, 7) is 0. The van der Waals surface area contributed by atoms with Gasteiger partial charge < -0.3 is 10.7 Å². The van der Waals surface area contributed by atoms with Crippen LogP contribution >= 0.6 is 0 Å². The van der Waals surface area contributed by atoms with Gasteiger partial charge in [0.2, 0.25) is 0 Å². The second-order valence-electron chi connectivity index (χ2n) is 8.24. The van der Waals surface area contributed by atoms with Crippen LogP contribution in [0.15, 0.2) is 85.8 Å². The topological polar surface area (TPSA) is 116 Å². The maximum Gasteiger partial charge on any atom is 0.167 e. The standard InChI is InChI=1S/C23H19N7.C3H4N2/c24-21-18(6-2-11-25-21)22-27-19-9-10-20(29-13-3-12-26-29)28-23(19)30(22)17-8-7-15-4-1-5-16(15)14-17;1-2-5-3-4-1/h2-3,6-14H,1,4-5H2,(H2,24,25);1-3H,(H,4,5). The Balaban J connectivity index is 0.000000410. The number of aryl methyl sites for hydroxylation is 2. The molecule has 0 radical (unpaired) electrons. The van der Waals surface area contributed by atoms with Gasteiger partial charge in [-0.25, -0.2) is 24.6 Å². The van der Waals surface area contributed by atoms with Crippen LogP contribution < -0.4 is 5.73 Å². The van der Waals surface area contributed by atoms with Crippen molar-refractivity contribution in [3.8, 4) is 22.9 Å². The van der Waals surface area contributed by atoms with Gasteiger partial charge in [0.05, 0.1) is 11.9 Å². The third-order valence-electron chi connectivity index (χ3n) is 6.05. The molecule has 172 valence electrons. The van der Waals surface area contributed by atoms with Crippen LogP contribution in [0.5, 0.6) is 0 Å². The molecule has 0 bridgehead atoms. The molecule has 35 heavy (non-hydrogen) atoms. The van der Waals surface area contributed by atoms with Crippen molar-refractivity contribution >= 4 is 17.0 Å². The van der Waals surface area contributed by atoms with Gasteiger partial charge in [-0.15, -0.1) is 0 Å². The van der Waals surface area contributed by atoms with E-state index in [4.69, 9.17) is 15.7 Å². The quantitative estimate of drug-likeness (QED) is 0.409. The maximum atomic E-state index is 6.22. The number of H-pyrrole nitrogens is 1. The zero-order valence-electron chi connectivity index (χ0n) is 18.9. The van der Waals surface area contributed by atoms with Crippen molar-refractivity contribution in [2.75, 3.05) is 5.73 Å². The Hall–Kier alpha value is -4.79. The van der Waals surface area contributed by atoms with E-state index in [2.05, 4.69) is 42.8 Å². The number of nitrogen functional groups attached to an aromatic ring is 1. The third kappa shape index (κ3) is 3.93. The summed E-state index contributed by atoms with van der Waals surface area (Å²) < 4.78 is 3.83. The first-order chi connectivity index (χ1) is 17.3. The first kappa shape index (κ1) is 20.8. The maximum absolute atomic E-state index is 6.22. The molecule has 7 rings (SSSR count). The summed E-state index contributed by atoms with van der Waals surface area (Å²) in [7, 11) is 0. The monoisotopic (exact) mass is 461 g/mol. The summed E-state index contributed by atoms with van der Waals surface area (Å²) in [5.41, 5.74) is 12.4. The molecule has 1 aliphatic carbocycles. The lowest BCUT2D eigenvalue weighted by Gasteiger charge is -2.12. The fourth-order valence-electron chi connectivity index (χ4n) is 4.42. The van der Waals surface area contributed by atoms with Crippen molar-refractivity contribution in [3.05, 3.63) is 97.0 Å². The highest BCUT2D eigenvalue weighted by Crippen LogP contribution is 2.32. The van der Waals surface area contributed by atoms with Crippen LogP contribution in [0.2, 0.25) is 0 Å². The summed E-state index contributed by atoms with van der Waals surface area (Å²) in [5, 5.41) is 4.32. The van der Waals surface area contributed by atoms with E-state index < -0.39 is 0 Å². The minimum atomic E-state index is 0.447. The molecular formula is C26H23N9. The van der Waals surface area contributed by atoms with Crippen molar-refractivity contribution < 1.29 is 0 Å². The van der Waals surface area contributed by atoms with Crippen LogP contribution in [0.25, 0.3) is 34.1 Å². The number of pyridine rings is 2. The zero-order chi connectivity index (χ0) is 23.6. The molecule has 0 unspecified atom stereocenters. The van der Waals surface area contributed by atoms with E-state index in [-0.39, 0.29) is 0 Å². The highest BCUT2D eigenvalue weighted by Gasteiger charge is 2.20. The number of nitrogens with one attached hydrogen (secondary N) is 1. The lowest BCUT2D eigenvalue weighted by molar-refractivity contribution is 0.849. The number of benzene rings is 1. The molecule has 3 N–H and O–H groups in total. The number of rotatable bonds is 3. The number of nitrogens with two attached hydrogens (primary N) is 1. The summed E-state index contributed by atoms with van der Waals surface area (Å²) in [4.78, 5) is 20.5. The molecule has 0 saturated carbocycles. The molecule has 0 fully saturated rings. The van der Waals surface area contributed by atoms with Gasteiger partial charge in [0.25, 0.3) is 0 Å². The summed E-state index contributed by atoms with van der Waals surface area (Å²) in [5.74, 6) is 1.92. The first-order valence-electron chi connectivity index (χ1n) is 11.4. The Morgan fingerprint density at radius 1 is 0.914 bits per heavy atom. The minimum absolute atomic E-state index is 0.447. The fourth-order valence-corrected chi connectivity index (χ4v) is 4.42. The number of anilines is 1. The molecular weight excluding hydrogens is 438 g/mol. The fraction of sp³-hybridized carbons (Fsp3) is 0.115. The zero-order valence-corrected chi connectivity index (χ0v) is 18.9. The number of nitrogens with zero attached hydrogens (tertiary/aromatic N) is 7. The molecule has 0 spiro atoms. The van der Waals surface area contributed by atoms with Crippen LogP contribution in [0.4, 0.5) is 5.82 Å². The summed E-state index contributed by atoms with van der Waals surface area (Å²) >= 11 is 0. The molecule has 0 saturated heterocycles. The Morgan fingerprint density at radius 3 is 2.63 bits per heavy atom. The SMILES string of the molecule is Nc1ncccc1-c1nc2ccc(-n3cccn3)nc2n1-c1ccc2c(c1)CCC2.c1c[nH]cn1. The van der Waals surface area contributed by atoms with Crippen LogP contribution in [0.1, 0.15) is 17.5 Å². The van der Waals surface area contributed by atoms with Gasteiger partial charge in [-0.05, 0) is 72.9 Å². The Labute approximate surface area is 201 Å². The van der Waals surface area contributed by atoms with E-state index in [0.29, 0.717) is 5.82 Å². The van der Waals surface area contributed by atoms with Crippen molar-refractivity contribution in [3.63, 3.8) is 0 Å². The van der Waals surface area contributed by atoms with Gasteiger partial charge in [0.1, 0.15) is 11.3 Å². The highest BCUT2D eigenvalue weighted by molar-refractivity contribution is 5.83. The van der Waals surface area contributed by atoms with Crippen LogP contribution in [0.3, 0.4) is 0 Å². The van der Waals surface area contributed by atoms with E-state index in [1.165, 1.54) is 17.5 Å². The van der Waals surface area contributed by atoms with Crippen molar-refractivity contribution in [2.45, 2.75) is 19.3 Å². The lowest BCUT2D eigenvalue weighted by Crippen LogP contribution is -2.04. The smallest absolute Gasteiger partial charge is 0.167 e. The van der Waals surface area contributed by atoms with E-state index >= 15 is 0 Å². The van der Waals surface area contributed by atoms with Gasteiger partial charge >= 0.3 is 0 Å². The van der Waals surface area contributed by atoms with E-state index in [1.807, 2.05) is 36.5 Å². The molecule has 0 atom stereocenters. The van der Waals surface area contributed by atoms with Crippen molar-refractivity contribution in [2.24, 2.45) is 0 Å². The van der Waals surface area contributed by atoms with Crippen molar-refractivity contribution in [1.82, 2.24) is 39.3 Å². The molecule has 5 heterocycles. The molecule has 9 heteroatoms. The summed E-state index contributed by atoms with van der Waals surface area (Å²) in [6.07, 6.45) is 13.8. The molecule has 1 aromatic carbocycles. The van der Waals surface area contributed by atoms with Gasteiger partial charge in [-0.1, -0.05) is 6.07 Å². The average Bonchev–Trinajstić information content (AvgIpc) is 3.70. The number of aromatic nitrogens is 8. The second-order valence-corrected chi connectivity index (χ2v) is 8.24. The third-order valence-corrected chi connectivity index (χ3v) is 6.05. The number of fused-ring (bicyclic) bond motifs is 2. The Bertz CT molecular complexity index is 1560. The molecule has 5 aromatic heterocycles. The number of imidazole rings is 2. The predicted molar refractivity (Wildman–Crippen MR) is 134 cm³/mol. The number of aromatic amines is 1. The number of hydrogen-bond donors (Lipinski definition) is 2. The molecule has 1 aliphatic rings. The largest absolute Gasteiger partial charge is 0.383 e. The Morgan fingerprint density at radius 2 is 1.86 bits per heavy atom. The van der Waals surface area contributed by atoms with Gasteiger partial charge in [-0.3, -0.25) is 4.57 Å². The number of hydrogen-bond acceptors (Lipinski definition) is 6. The molecule has 9 nitrogen and oxygen atoms in total. The molecule has 6 aromatic rings. The van der Waals surface area contributed by atoms with Crippen LogP contribution in [-0.2, 0) is 12.8 Å². The van der Waals surface area contributed by atoms with Gasteiger partial charge in [0.15, 0.2) is 17.3 Å². The van der Waals surface area contributed by atoms with E-state index in [1.54, 1.807) is 35.8 Å². The molecule has 0 aliphatic heterocycles. The van der Waals surface area contributed by atoms with E-state index in [0.717, 1.165) is 46.9 Å². The van der Waals surface area contributed by atoms with Gasteiger partial charge in [0, 0.05) is 36.7 Å². The predicted octanol–water partition coefficient (Wildman–Crippen LogP) is 4.15. The van der Waals surface area contributed by atoms with Crippen molar-refractivity contribution in [1.29, 1.82) is 0 Å². The first-order valence-corrected chi connectivity index (χ1v) is 11.4. The normalized spacial score (nSPS) is 12.3. The Kier molecular flexibility index (Phi) is 5.27. The average molecular weight is 462 g/mol. The van der Waals surface area contributed by atoms with Crippen LogP contribution in [0, 0.1) is 0 Å². The summed E-state index contributed by atoms with van der Waals surface area (Å²) in [6, 6.07) is 16.2. The minimum Gasteiger partial charge on any atom is -0.383 e. The lowest BCUT2D eigenvalue weighted by atomic mass is 10.1. The second kappa shape index (κ2) is 8.86.